The first kappa shape index (κ1) is 20.8. The number of ether oxygens (including phenoxy) is 2. The molecule has 5 saturated carbocycles. The maximum Gasteiger partial charge on any atom is 0.302 e. The fourth-order valence-electron chi connectivity index (χ4n) is 10.4. The van der Waals surface area contributed by atoms with E-state index < -0.39 is 28.8 Å². The molecule has 1 heterocycles. The van der Waals surface area contributed by atoms with E-state index in [1.807, 2.05) is 0 Å². The number of piperidine rings is 1. The minimum Gasteiger partial charge on any atom is -0.462 e. The van der Waals surface area contributed by atoms with E-state index in [0.717, 1.165) is 32.4 Å². The summed E-state index contributed by atoms with van der Waals surface area (Å²) in [6.07, 6.45) is 2.00. The van der Waals surface area contributed by atoms with Crippen LogP contribution in [0.1, 0.15) is 52.9 Å². The van der Waals surface area contributed by atoms with Crippen LogP contribution in [0.25, 0.3) is 0 Å². The van der Waals surface area contributed by atoms with E-state index in [1.54, 1.807) is 7.11 Å². The SMILES string of the molecule is CCN1C[C@@]2(C)CC[C@@H](O)[C@]34[C@@H]5C[C@H]6[C@@H](OC(C)=O)[C@@H]5[C@](O)(C[C@H]6OC)[C@](O)(C[C@@H]23)[C@H]14. The minimum absolute atomic E-state index is 0.000884. The van der Waals surface area contributed by atoms with Crippen molar-refractivity contribution in [3.05, 3.63) is 0 Å². The number of likely N-dealkylation sites (tertiary alicyclic amines) is 1. The lowest BCUT2D eigenvalue weighted by atomic mass is 9.43. The molecule has 5 aliphatic carbocycles. The van der Waals surface area contributed by atoms with Gasteiger partial charge in [-0.05, 0) is 49.5 Å². The van der Waals surface area contributed by atoms with Crippen LogP contribution in [0.4, 0.5) is 0 Å². The maximum absolute atomic E-state index is 12.5. The maximum atomic E-state index is 12.5. The average molecular weight is 436 g/mol. The fourth-order valence-corrected chi connectivity index (χ4v) is 10.4. The van der Waals surface area contributed by atoms with E-state index in [4.69, 9.17) is 9.47 Å². The Morgan fingerprint density at radius 2 is 1.97 bits per heavy atom. The Labute approximate surface area is 184 Å². The van der Waals surface area contributed by atoms with Gasteiger partial charge >= 0.3 is 5.97 Å². The van der Waals surface area contributed by atoms with Gasteiger partial charge in [-0.25, -0.2) is 0 Å². The summed E-state index contributed by atoms with van der Waals surface area (Å²) >= 11 is 0. The molecule has 6 rings (SSSR count). The standard InChI is InChI=1S/C24H37NO6/c1-5-25-11-21(3)7-6-17(27)24-14-8-13-15(30-4)9-22(28,18(14)19(13)31-12(2)26)23(29,20(24)25)10-16(21)24/h13-20,27-29H,5-11H2,1-4H3/t13-,14-,15-,16+,17-,18-,19-,20+,21-,22-,23+,24+/m1/s1. The highest BCUT2D eigenvalue weighted by molar-refractivity contribution is 5.66. The van der Waals surface area contributed by atoms with Gasteiger partial charge in [-0.15, -0.1) is 0 Å². The Kier molecular flexibility index (Phi) is 4.06. The summed E-state index contributed by atoms with van der Waals surface area (Å²) in [5, 5.41) is 36.7. The second kappa shape index (κ2) is 6.03. The number of rotatable bonds is 3. The van der Waals surface area contributed by atoms with Crippen molar-refractivity contribution in [2.24, 2.45) is 34.5 Å². The molecule has 12 atom stereocenters. The highest BCUT2D eigenvalue weighted by Crippen LogP contribution is 2.79. The lowest BCUT2D eigenvalue weighted by Gasteiger charge is -2.69. The average Bonchev–Trinajstić information content (AvgIpc) is 3.12. The Balaban J connectivity index is 1.61. The van der Waals surface area contributed by atoms with E-state index in [2.05, 4.69) is 18.7 Å². The molecule has 6 aliphatic rings. The molecule has 1 spiro atoms. The van der Waals surface area contributed by atoms with Gasteiger partial charge in [0.25, 0.3) is 0 Å². The van der Waals surface area contributed by atoms with Crippen molar-refractivity contribution in [3.63, 3.8) is 0 Å². The predicted molar refractivity (Wildman–Crippen MR) is 111 cm³/mol. The van der Waals surface area contributed by atoms with E-state index in [1.165, 1.54) is 6.92 Å². The molecule has 7 heteroatoms. The molecule has 31 heavy (non-hydrogen) atoms. The van der Waals surface area contributed by atoms with Crippen molar-refractivity contribution < 1.29 is 29.6 Å². The van der Waals surface area contributed by atoms with E-state index in [0.29, 0.717) is 12.8 Å². The van der Waals surface area contributed by atoms with Crippen molar-refractivity contribution in [1.82, 2.24) is 4.90 Å². The van der Waals surface area contributed by atoms with Crippen molar-refractivity contribution >= 4 is 5.97 Å². The van der Waals surface area contributed by atoms with Crippen LogP contribution in [0.15, 0.2) is 0 Å². The molecule has 0 aromatic rings. The number of esters is 1. The van der Waals surface area contributed by atoms with Gasteiger partial charge in [0, 0.05) is 50.3 Å². The molecule has 0 aromatic heterocycles. The highest BCUT2D eigenvalue weighted by atomic mass is 16.5. The lowest BCUT2D eigenvalue weighted by molar-refractivity contribution is -0.311. The Morgan fingerprint density at radius 3 is 2.61 bits per heavy atom. The first-order valence-electron chi connectivity index (χ1n) is 12.2. The Hall–Kier alpha value is -0.730. The first-order valence-corrected chi connectivity index (χ1v) is 12.2. The summed E-state index contributed by atoms with van der Waals surface area (Å²) in [6.45, 7) is 7.53. The van der Waals surface area contributed by atoms with Crippen LogP contribution in [0, 0.1) is 34.5 Å². The van der Waals surface area contributed by atoms with Gasteiger partial charge in [0.2, 0.25) is 0 Å². The molecule has 7 nitrogen and oxygen atoms in total. The minimum atomic E-state index is -1.41. The van der Waals surface area contributed by atoms with Crippen molar-refractivity contribution in [2.45, 2.75) is 88.4 Å². The number of aliphatic hydroxyl groups excluding tert-OH is 1. The summed E-state index contributed by atoms with van der Waals surface area (Å²) in [5.41, 5.74) is -3.25. The number of fused-ring (bicyclic) bond motifs is 2. The number of carbonyl (C=O) groups excluding carboxylic acids is 1. The summed E-state index contributed by atoms with van der Waals surface area (Å²) < 4.78 is 11.7. The summed E-state index contributed by atoms with van der Waals surface area (Å²) in [4.78, 5) is 14.4. The lowest BCUT2D eigenvalue weighted by Crippen LogP contribution is -2.81. The van der Waals surface area contributed by atoms with Crippen LogP contribution in [-0.2, 0) is 14.3 Å². The number of hydrogen-bond acceptors (Lipinski definition) is 7. The zero-order valence-corrected chi connectivity index (χ0v) is 19.1. The molecule has 0 unspecified atom stereocenters. The molecule has 0 aromatic carbocycles. The zero-order chi connectivity index (χ0) is 22.1. The molecule has 174 valence electrons. The predicted octanol–water partition coefficient (Wildman–Crippen LogP) is 0.936. The van der Waals surface area contributed by atoms with Gasteiger partial charge in [-0.2, -0.15) is 0 Å². The topological polar surface area (TPSA) is 99.5 Å². The molecule has 3 N–H and O–H groups in total. The molecule has 1 aliphatic heterocycles. The number of nitrogens with zero attached hydrogens (tertiary/aromatic N) is 1. The van der Waals surface area contributed by atoms with Crippen molar-refractivity contribution in [1.29, 1.82) is 0 Å². The van der Waals surface area contributed by atoms with Gasteiger partial charge in [0.05, 0.1) is 12.2 Å². The molecule has 0 amide bonds. The van der Waals surface area contributed by atoms with Gasteiger partial charge in [-0.3, -0.25) is 9.69 Å². The van der Waals surface area contributed by atoms with Crippen LogP contribution in [-0.4, -0.2) is 81.9 Å². The van der Waals surface area contributed by atoms with Crippen molar-refractivity contribution in [2.75, 3.05) is 20.2 Å². The summed E-state index contributed by atoms with van der Waals surface area (Å²) in [7, 11) is 1.64. The largest absolute Gasteiger partial charge is 0.462 e. The highest BCUT2D eigenvalue weighted by Gasteiger charge is 2.88. The third kappa shape index (κ3) is 2.04. The normalized spacial score (nSPS) is 61.4. The third-order valence-corrected chi connectivity index (χ3v) is 11.1. The smallest absolute Gasteiger partial charge is 0.302 e. The quantitative estimate of drug-likeness (QED) is 0.567. The van der Waals surface area contributed by atoms with E-state index >= 15 is 0 Å². The van der Waals surface area contributed by atoms with Crippen LogP contribution in [0.3, 0.4) is 0 Å². The number of likely N-dealkylation sites (N-methyl/N-ethyl adjacent to an activating group) is 1. The number of carbonyl (C=O) groups is 1. The number of methoxy groups -OCH3 is 1. The van der Waals surface area contributed by atoms with Crippen LogP contribution < -0.4 is 0 Å². The first-order chi connectivity index (χ1) is 14.6. The molecule has 1 saturated heterocycles. The van der Waals surface area contributed by atoms with Gasteiger partial charge in [0.1, 0.15) is 17.3 Å². The van der Waals surface area contributed by atoms with Gasteiger partial charge in [0.15, 0.2) is 0 Å². The fraction of sp³-hybridized carbons (Fsp3) is 0.958. The summed E-state index contributed by atoms with van der Waals surface area (Å²) in [6, 6.07) is -0.281. The van der Waals surface area contributed by atoms with E-state index in [9.17, 15) is 20.1 Å². The van der Waals surface area contributed by atoms with Crippen LogP contribution in [0.2, 0.25) is 0 Å². The second-order valence-electron chi connectivity index (χ2n) is 11.9. The van der Waals surface area contributed by atoms with Crippen LogP contribution >= 0.6 is 0 Å². The number of aliphatic hydroxyl groups is 3. The molecule has 0 radical (unpaired) electrons. The van der Waals surface area contributed by atoms with Gasteiger partial charge < -0.3 is 24.8 Å². The Bertz CT molecular complexity index is 822. The summed E-state index contributed by atoms with van der Waals surface area (Å²) in [5.74, 6) is -0.597. The molecular formula is C24H37NO6. The molecular weight excluding hydrogens is 398 g/mol. The molecule has 7 bridgehead atoms. The van der Waals surface area contributed by atoms with Crippen LogP contribution in [0.5, 0.6) is 0 Å². The third-order valence-electron chi connectivity index (χ3n) is 11.1. The second-order valence-corrected chi connectivity index (χ2v) is 11.9. The van der Waals surface area contributed by atoms with E-state index in [-0.39, 0.29) is 47.2 Å². The zero-order valence-electron chi connectivity index (χ0n) is 19.1. The Morgan fingerprint density at radius 1 is 1.23 bits per heavy atom. The van der Waals surface area contributed by atoms with Gasteiger partial charge in [-0.1, -0.05) is 13.8 Å². The number of hydrogen-bond donors (Lipinski definition) is 3. The van der Waals surface area contributed by atoms with Crippen molar-refractivity contribution in [3.8, 4) is 0 Å². The monoisotopic (exact) mass is 435 g/mol. The molecule has 6 fully saturated rings.